The number of carbonyl (C=O) groups is 1. The number of carbonyl (C=O) groups excluding carboxylic acids is 1. The van der Waals surface area contributed by atoms with E-state index >= 15 is 0 Å². The molecule has 0 unspecified atom stereocenters. The normalized spacial score (nSPS) is 10.9. The molecule has 0 aromatic heterocycles. The van der Waals surface area contributed by atoms with Crippen LogP contribution in [0.15, 0.2) is 30.3 Å². The Balaban J connectivity index is 2.61. The SMILES string of the molecule is CC(C)OC(=O)/C=C/c1cccc(N)c1. The first-order chi connectivity index (χ1) is 7.08. The van der Waals surface area contributed by atoms with E-state index < -0.39 is 0 Å². The Morgan fingerprint density at radius 3 is 2.80 bits per heavy atom. The highest BCUT2D eigenvalue weighted by molar-refractivity contribution is 5.87. The van der Waals surface area contributed by atoms with Crippen molar-refractivity contribution < 1.29 is 9.53 Å². The molecular formula is C12H15NO2. The minimum absolute atomic E-state index is 0.0945. The fourth-order valence-corrected chi connectivity index (χ4v) is 1.10. The molecule has 0 saturated heterocycles. The van der Waals surface area contributed by atoms with Crippen molar-refractivity contribution in [3.8, 4) is 0 Å². The van der Waals surface area contributed by atoms with Gasteiger partial charge in [0.25, 0.3) is 0 Å². The molecule has 3 heteroatoms. The highest BCUT2D eigenvalue weighted by Gasteiger charge is 1.99. The standard InChI is InChI=1S/C12H15NO2/c1-9(2)15-12(14)7-6-10-4-3-5-11(13)8-10/h3-9H,13H2,1-2H3/b7-6+. The lowest BCUT2D eigenvalue weighted by Crippen LogP contribution is -2.08. The van der Waals surface area contributed by atoms with Crippen LogP contribution in [0.3, 0.4) is 0 Å². The molecule has 0 heterocycles. The largest absolute Gasteiger partial charge is 0.460 e. The topological polar surface area (TPSA) is 52.3 Å². The van der Waals surface area contributed by atoms with E-state index in [9.17, 15) is 4.79 Å². The van der Waals surface area contributed by atoms with Gasteiger partial charge in [-0.3, -0.25) is 0 Å². The molecule has 0 aliphatic carbocycles. The molecule has 1 rings (SSSR count). The monoisotopic (exact) mass is 205 g/mol. The first-order valence-corrected chi connectivity index (χ1v) is 4.82. The summed E-state index contributed by atoms with van der Waals surface area (Å²) in [5.41, 5.74) is 7.16. The molecule has 0 atom stereocenters. The Hall–Kier alpha value is -1.77. The number of nitrogen functional groups attached to an aromatic ring is 1. The highest BCUT2D eigenvalue weighted by Crippen LogP contribution is 2.08. The van der Waals surface area contributed by atoms with E-state index in [0.29, 0.717) is 5.69 Å². The van der Waals surface area contributed by atoms with Crippen LogP contribution in [0.2, 0.25) is 0 Å². The molecule has 0 spiro atoms. The number of nitrogens with two attached hydrogens (primary N) is 1. The minimum Gasteiger partial charge on any atom is -0.460 e. The molecule has 3 nitrogen and oxygen atoms in total. The number of ether oxygens (including phenoxy) is 1. The van der Waals surface area contributed by atoms with Crippen LogP contribution in [0.25, 0.3) is 6.08 Å². The predicted octanol–water partition coefficient (Wildman–Crippen LogP) is 2.23. The smallest absolute Gasteiger partial charge is 0.331 e. The summed E-state index contributed by atoms with van der Waals surface area (Å²) in [7, 11) is 0. The maximum absolute atomic E-state index is 11.2. The summed E-state index contributed by atoms with van der Waals surface area (Å²) >= 11 is 0. The zero-order valence-electron chi connectivity index (χ0n) is 8.94. The summed E-state index contributed by atoms with van der Waals surface area (Å²) < 4.78 is 4.95. The molecule has 0 saturated carbocycles. The molecule has 0 bridgehead atoms. The van der Waals surface area contributed by atoms with E-state index in [-0.39, 0.29) is 12.1 Å². The van der Waals surface area contributed by atoms with Gasteiger partial charge < -0.3 is 10.5 Å². The molecule has 80 valence electrons. The van der Waals surface area contributed by atoms with Crippen molar-refractivity contribution in [2.45, 2.75) is 20.0 Å². The van der Waals surface area contributed by atoms with E-state index in [1.165, 1.54) is 6.08 Å². The van der Waals surface area contributed by atoms with Gasteiger partial charge in [0, 0.05) is 11.8 Å². The Morgan fingerprint density at radius 2 is 2.20 bits per heavy atom. The van der Waals surface area contributed by atoms with Crippen molar-refractivity contribution in [2.75, 3.05) is 5.73 Å². The van der Waals surface area contributed by atoms with Crippen molar-refractivity contribution in [1.82, 2.24) is 0 Å². The van der Waals surface area contributed by atoms with Gasteiger partial charge >= 0.3 is 5.97 Å². The summed E-state index contributed by atoms with van der Waals surface area (Å²) in [6.07, 6.45) is 2.98. The molecule has 0 aliphatic heterocycles. The third-order valence-electron chi connectivity index (χ3n) is 1.67. The van der Waals surface area contributed by atoms with E-state index in [0.717, 1.165) is 5.56 Å². The van der Waals surface area contributed by atoms with E-state index in [1.807, 2.05) is 26.0 Å². The first kappa shape index (κ1) is 11.3. The van der Waals surface area contributed by atoms with Crippen LogP contribution in [0.4, 0.5) is 5.69 Å². The molecular weight excluding hydrogens is 190 g/mol. The van der Waals surface area contributed by atoms with E-state index in [2.05, 4.69) is 0 Å². The third kappa shape index (κ3) is 4.31. The molecule has 15 heavy (non-hydrogen) atoms. The minimum atomic E-state index is -0.340. The van der Waals surface area contributed by atoms with Gasteiger partial charge in [-0.25, -0.2) is 4.79 Å². The second-order valence-corrected chi connectivity index (χ2v) is 3.49. The van der Waals surface area contributed by atoms with Gasteiger partial charge in [0.15, 0.2) is 0 Å². The summed E-state index contributed by atoms with van der Waals surface area (Å²) in [5, 5.41) is 0. The first-order valence-electron chi connectivity index (χ1n) is 4.82. The molecule has 1 aromatic carbocycles. The molecule has 0 fully saturated rings. The van der Waals surface area contributed by atoms with Crippen molar-refractivity contribution in [3.05, 3.63) is 35.9 Å². The fourth-order valence-electron chi connectivity index (χ4n) is 1.10. The van der Waals surface area contributed by atoms with Crippen molar-refractivity contribution >= 4 is 17.7 Å². The van der Waals surface area contributed by atoms with Crippen LogP contribution in [-0.2, 0) is 9.53 Å². The van der Waals surface area contributed by atoms with Gasteiger partial charge in [0.05, 0.1) is 6.10 Å². The van der Waals surface area contributed by atoms with Crippen LogP contribution in [0, 0.1) is 0 Å². The van der Waals surface area contributed by atoms with Crippen molar-refractivity contribution in [3.63, 3.8) is 0 Å². The highest BCUT2D eigenvalue weighted by atomic mass is 16.5. The number of anilines is 1. The lowest BCUT2D eigenvalue weighted by molar-refractivity contribution is -0.141. The summed E-state index contributed by atoms with van der Waals surface area (Å²) in [5.74, 6) is -0.340. The maximum atomic E-state index is 11.2. The Labute approximate surface area is 89.5 Å². The molecule has 0 radical (unpaired) electrons. The lowest BCUT2D eigenvalue weighted by Gasteiger charge is -2.03. The van der Waals surface area contributed by atoms with Crippen molar-refractivity contribution in [2.24, 2.45) is 0 Å². The van der Waals surface area contributed by atoms with Crippen LogP contribution < -0.4 is 5.73 Å². The molecule has 2 N–H and O–H groups in total. The van der Waals surface area contributed by atoms with Crippen LogP contribution in [0.1, 0.15) is 19.4 Å². The predicted molar refractivity (Wildman–Crippen MR) is 61.1 cm³/mol. The number of hydrogen-bond acceptors (Lipinski definition) is 3. The summed E-state index contributed by atoms with van der Waals surface area (Å²) in [6.45, 7) is 3.62. The van der Waals surface area contributed by atoms with Crippen LogP contribution in [0.5, 0.6) is 0 Å². The molecule has 1 aromatic rings. The number of rotatable bonds is 3. The number of hydrogen-bond donors (Lipinski definition) is 1. The Morgan fingerprint density at radius 1 is 1.47 bits per heavy atom. The maximum Gasteiger partial charge on any atom is 0.331 e. The van der Waals surface area contributed by atoms with Gasteiger partial charge in [-0.05, 0) is 37.6 Å². The van der Waals surface area contributed by atoms with Crippen LogP contribution >= 0.6 is 0 Å². The second-order valence-electron chi connectivity index (χ2n) is 3.49. The van der Waals surface area contributed by atoms with Gasteiger partial charge in [-0.2, -0.15) is 0 Å². The quantitative estimate of drug-likeness (QED) is 0.467. The number of benzene rings is 1. The van der Waals surface area contributed by atoms with Crippen molar-refractivity contribution in [1.29, 1.82) is 0 Å². The van der Waals surface area contributed by atoms with Gasteiger partial charge in [0.1, 0.15) is 0 Å². The summed E-state index contributed by atoms with van der Waals surface area (Å²) in [4.78, 5) is 11.2. The Kier molecular flexibility index (Phi) is 3.92. The Bertz CT molecular complexity index is 370. The second kappa shape index (κ2) is 5.20. The van der Waals surface area contributed by atoms with Gasteiger partial charge in [-0.15, -0.1) is 0 Å². The number of esters is 1. The van der Waals surface area contributed by atoms with Gasteiger partial charge in [0.2, 0.25) is 0 Å². The van der Waals surface area contributed by atoms with E-state index in [1.54, 1.807) is 18.2 Å². The fraction of sp³-hybridized carbons (Fsp3) is 0.250. The lowest BCUT2D eigenvalue weighted by atomic mass is 10.2. The van der Waals surface area contributed by atoms with Crippen LogP contribution in [-0.4, -0.2) is 12.1 Å². The van der Waals surface area contributed by atoms with Gasteiger partial charge in [-0.1, -0.05) is 12.1 Å². The average molecular weight is 205 g/mol. The molecule has 0 amide bonds. The van der Waals surface area contributed by atoms with E-state index in [4.69, 9.17) is 10.5 Å². The third-order valence-corrected chi connectivity index (χ3v) is 1.67. The molecule has 0 aliphatic rings. The summed E-state index contributed by atoms with van der Waals surface area (Å²) in [6, 6.07) is 7.29. The zero-order chi connectivity index (χ0) is 11.3. The zero-order valence-corrected chi connectivity index (χ0v) is 8.94. The average Bonchev–Trinajstić information content (AvgIpc) is 2.14.